The second-order valence-corrected chi connectivity index (χ2v) is 6.64. The highest BCUT2D eigenvalue weighted by Gasteiger charge is 2.20. The number of amides is 1. The summed E-state index contributed by atoms with van der Waals surface area (Å²) in [5, 5.41) is 9.37. The van der Waals surface area contributed by atoms with E-state index >= 15 is 0 Å². The topological polar surface area (TPSA) is 65.5 Å². The summed E-state index contributed by atoms with van der Waals surface area (Å²) in [7, 11) is 0. The number of carbonyl (C=O) groups is 1. The van der Waals surface area contributed by atoms with Crippen LogP contribution in [0.5, 0.6) is 0 Å². The van der Waals surface area contributed by atoms with E-state index in [1.54, 1.807) is 0 Å². The Hall–Kier alpha value is -1.26. The van der Waals surface area contributed by atoms with Crippen molar-refractivity contribution in [3.63, 3.8) is 0 Å². The molecule has 1 amide bonds. The van der Waals surface area contributed by atoms with Crippen molar-refractivity contribution in [2.75, 3.05) is 19.6 Å². The molecule has 0 aliphatic heterocycles. The fourth-order valence-corrected chi connectivity index (χ4v) is 1.26. The van der Waals surface area contributed by atoms with Gasteiger partial charge in [-0.05, 0) is 27.7 Å². The van der Waals surface area contributed by atoms with E-state index in [0.717, 1.165) is 12.5 Å². The summed E-state index contributed by atoms with van der Waals surface area (Å²) in [5.41, 5.74) is -0.381. The Kier molecular flexibility index (Phi) is 6.87. The molecular formula is C14H30N4O. The van der Waals surface area contributed by atoms with Gasteiger partial charge < -0.3 is 16.0 Å². The maximum Gasteiger partial charge on any atom is 0.225 e. The molecule has 0 aromatic heterocycles. The summed E-state index contributed by atoms with van der Waals surface area (Å²) in [4.78, 5) is 16.1. The third-order valence-electron chi connectivity index (χ3n) is 2.19. The van der Waals surface area contributed by atoms with Crippen molar-refractivity contribution in [3.8, 4) is 0 Å². The molecule has 0 saturated heterocycles. The van der Waals surface area contributed by atoms with Gasteiger partial charge in [-0.1, -0.05) is 20.8 Å². The van der Waals surface area contributed by atoms with E-state index in [9.17, 15) is 4.79 Å². The standard InChI is InChI=1S/C14H30N4O/c1-8-15-12(18-14(5,6)7)17-10-9-16-11(19)13(2,3)4/h8-10H2,1-7H3,(H,16,19)(H2,15,17,18). The fourth-order valence-electron chi connectivity index (χ4n) is 1.26. The van der Waals surface area contributed by atoms with Gasteiger partial charge in [0.2, 0.25) is 5.91 Å². The van der Waals surface area contributed by atoms with Gasteiger partial charge in [0.1, 0.15) is 0 Å². The molecule has 5 nitrogen and oxygen atoms in total. The number of guanidine groups is 1. The molecule has 0 spiro atoms. The van der Waals surface area contributed by atoms with Crippen LogP contribution in [0.15, 0.2) is 4.99 Å². The minimum Gasteiger partial charge on any atom is -0.357 e. The van der Waals surface area contributed by atoms with Gasteiger partial charge in [-0.3, -0.25) is 9.79 Å². The number of hydrogen-bond donors (Lipinski definition) is 3. The van der Waals surface area contributed by atoms with Gasteiger partial charge in [-0.15, -0.1) is 0 Å². The first-order valence-corrected chi connectivity index (χ1v) is 6.91. The zero-order valence-corrected chi connectivity index (χ0v) is 13.5. The van der Waals surface area contributed by atoms with Crippen LogP contribution in [-0.2, 0) is 4.79 Å². The highest BCUT2D eigenvalue weighted by atomic mass is 16.2. The van der Waals surface area contributed by atoms with Crippen LogP contribution in [0.1, 0.15) is 48.5 Å². The second kappa shape index (κ2) is 7.36. The van der Waals surface area contributed by atoms with Crippen LogP contribution < -0.4 is 16.0 Å². The Morgan fingerprint density at radius 1 is 1.05 bits per heavy atom. The maximum absolute atomic E-state index is 11.7. The molecule has 0 unspecified atom stereocenters. The summed E-state index contributed by atoms with van der Waals surface area (Å²) in [6.07, 6.45) is 0. The third kappa shape index (κ3) is 9.33. The lowest BCUT2D eigenvalue weighted by Gasteiger charge is -2.23. The SMILES string of the molecule is CCNC(=NCCNC(=O)C(C)(C)C)NC(C)(C)C. The van der Waals surface area contributed by atoms with Crippen molar-refractivity contribution in [2.24, 2.45) is 10.4 Å². The van der Waals surface area contributed by atoms with Crippen LogP contribution in [0, 0.1) is 5.41 Å². The summed E-state index contributed by atoms with van der Waals surface area (Å²) in [6, 6.07) is 0. The molecule has 0 radical (unpaired) electrons. The van der Waals surface area contributed by atoms with Crippen molar-refractivity contribution >= 4 is 11.9 Å². The molecule has 0 atom stereocenters. The van der Waals surface area contributed by atoms with Gasteiger partial charge in [-0.2, -0.15) is 0 Å². The largest absolute Gasteiger partial charge is 0.357 e. The fraction of sp³-hybridized carbons (Fsp3) is 0.857. The first-order valence-electron chi connectivity index (χ1n) is 6.91. The molecule has 19 heavy (non-hydrogen) atoms. The number of carbonyl (C=O) groups excluding carboxylic acids is 1. The zero-order chi connectivity index (χ0) is 15.1. The van der Waals surface area contributed by atoms with E-state index in [1.165, 1.54) is 0 Å². The van der Waals surface area contributed by atoms with Gasteiger partial charge in [0.15, 0.2) is 5.96 Å². The molecule has 0 rings (SSSR count). The lowest BCUT2D eigenvalue weighted by Crippen LogP contribution is -2.48. The van der Waals surface area contributed by atoms with Gasteiger partial charge >= 0.3 is 0 Å². The van der Waals surface area contributed by atoms with Crippen molar-refractivity contribution in [2.45, 2.75) is 54.0 Å². The molecule has 0 fully saturated rings. The normalized spacial score (nSPS) is 13.1. The molecule has 0 aliphatic rings. The number of nitrogens with zero attached hydrogens (tertiary/aromatic N) is 1. The average Bonchev–Trinajstić information content (AvgIpc) is 2.20. The molecule has 0 aromatic rings. The molecule has 0 bridgehead atoms. The van der Waals surface area contributed by atoms with E-state index in [4.69, 9.17) is 0 Å². The zero-order valence-electron chi connectivity index (χ0n) is 13.5. The summed E-state index contributed by atoms with van der Waals surface area (Å²) in [5.74, 6) is 0.830. The predicted molar refractivity (Wildman–Crippen MR) is 81.3 cm³/mol. The summed E-state index contributed by atoms with van der Waals surface area (Å²) < 4.78 is 0. The van der Waals surface area contributed by atoms with Gasteiger partial charge in [0, 0.05) is 24.0 Å². The Labute approximate surface area is 117 Å². The van der Waals surface area contributed by atoms with E-state index < -0.39 is 0 Å². The number of hydrogen-bond acceptors (Lipinski definition) is 2. The van der Waals surface area contributed by atoms with E-state index in [2.05, 4.69) is 41.7 Å². The maximum atomic E-state index is 11.7. The smallest absolute Gasteiger partial charge is 0.225 e. The first-order chi connectivity index (χ1) is 8.56. The minimum atomic E-state index is -0.349. The quantitative estimate of drug-likeness (QED) is 0.412. The third-order valence-corrected chi connectivity index (χ3v) is 2.19. The van der Waals surface area contributed by atoms with Crippen LogP contribution in [0.2, 0.25) is 0 Å². The van der Waals surface area contributed by atoms with Gasteiger partial charge in [-0.25, -0.2) is 0 Å². The first kappa shape index (κ1) is 17.7. The number of nitrogens with one attached hydrogen (secondary N) is 3. The molecule has 0 heterocycles. The summed E-state index contributed by atoms with van der Waals surface area (Å²) in [6.45, 7) is 15.9. The van der Waals surface area contributed by atoms with E-state index in [-0.39, 0.29) is 16.9 Å². The van der Waals surface area contributed by atoms with E-state index in [0.29, 0.717) is 13.1 Å². The Morgan fingerprint density at radius 3 is 2.05 bits per heavy atom. The molecule has 3 N–H and O–H groups in total. The second-order valence-electron chi connectivity index (χ2n) is 6.64. The van der Waals surface area contributed by atoms with Crippen LogP contribution in [-0.4, -0.2) is 37.0 Å². The lowest BCUT2D eigenvalue weighted by atomic mass is 9.96. The Bertz CT molecular complexity index is 310. The van der Waals surface area contributed by atoms with E-state index in [1.807, 2.05) is 27.7 Å². The minimum absolute atomic E-state index is 0.0321. The molecule has 112 valence electrons. The Morgan fingerprint density at radius 2 is 1.63 bits per heavy atom. The van der Waals surface area contributed by atoms with Crippen molar-refractivity contribution in [3.05, 3.63) is 0 Å². The lowest BCUT2D eigenvalue weighted by molar-refractivity contribution is -0.128. The van der Waals surface area contributed by atoms with Crippen molar-refractivity contribution < 1.29 is 4.79 Å². The highest BCUT2D eigenvalue weighted by Crippen LogP contribution is 2.11. The van der Waals surface area contributed by atoms with Crippen LogP contribution >= 0.6 is 0 Å². The van der Waals surface area contributed by atoms with Crippen molar-refractivity contribution in [1.29, 1.82) is 0 Å². The molecular weight excluding hydrogens is 240 g/mol. The number of rotatable bonds is 4. The predicted octanol–water partition coefficient (Wildman–Crippen LogP) is 1.50. The Balaban J connectivity index is 4.22. The highest BCUT2D eigenvalue weighted by molar-refractivity contribution is 5.81. The molecule has 0 aliphatic carbocycles. The van der Waals surface area contributed by atoms with Crippen LogP contribution in [0.4, 0.5) is 0 Å². The van der Waals surface area contributed by atoms with Gasteiger partial charge in [0.05, 0.1) is 6.54 Å². The molecule has 5 heteroatoms. The van der Waals surface area contributed by atoms with Crippen LogP contribution in [0.25, 0.3) is 0 Å². The van der Waals surface area contributed by atoms with Gasteiger partial charge in [0.25, 0.3) is 0 Å². The summed E-state index contributed by atoms with van der Waals surface area (Å²) >= 11 is 0. The monoisotopic (exact) mass is 270 g/mol. The molecule has 0 aromatic carbocycles. The van der Waals surface area contributed by atoms with Crippen molar-refractivity contribution in [1.82, 2.24) is 16.0 Å². The van der Waals surface area contributed by atoms with Crippen LogP contribution in [0.3, 0.4) is 0 Å². The number of aliphatic imine (C=N–C) groups is 1. The molecule has 0 saturated carbocycles. The average molecular weight is 270 g/mol.